The number of hydrogen-bond donors (Lipinski definition) is 1. The van der Waals surface area contributed by atoms with Gasteiger partial charge in [0.05, 0.1) is 6.54 Å². The zero-order valence-electron chi connectivity index (χ0n) is 8.55. The molecule has 1 N–H and O–H groups in total. The van der Waals surface area contributed by atoms with Crippen molar-refractivity contribution in [3.63, 3.8) is 0 Å². The van der Waals surface area contributed by atoms with Crippen LogP contribution >= 0.6 is 0 Å². The van der Waals surface area contributed by atoms with Crippen LogP contribution in [0.3, 0.4) is 0 Å². The van der Waals surface area contributed by atoms with Crippen LogP contribution in [0.4, 0.5) is 0 Å². The van der Waals surface area contributed by atoms with Gasteiger partial charge in [0.25, 0.3) is 0 Å². The molecule has 0 aromatic rings. The molecule has 0 atom stereocenters. The summed E-state index contributed by atoms with van der Waals surface area (Å²) in [5, 5.41) is 2.85. The predicted octanol–water partition coefficient (Wildman–Crippen LogP) is 1.02. The Balaban J connectivity index is 2.10. The first-order valence-electron chi connectivity index (χ1n) is 4.97. The summed E-state index contributed by atoms with van der Waals surface area (Å²) in [6.07, 6.45) is 4.57. The summed E-state index contributed by atoms with van der Waals surface area (Å²) < 4.78 is 0. The minimum absolute atomic E-state index is 0.208. The second-order valence-corrected chi connectivity index (χ2v) is 3.96. The van der Waals surface area contributed by atoms with Crippen LogP contribution < -0.4 is 5.32 Å². The van der Waals surface area contributed by atoms with E-state index < -0.39 is 0 Å². The number of hydrogen-bond acceptors (Lipinski definition) is 2. The van der Waals surface area contributed by atoms with E-state index in [-0.39, 0.29) is 11.8 Å². The number of carbonyl (C=O) groups excluding carboxylic acids is 1. The third-order valence-corrected chi connectivity index (χ3v) is 2.43. The maximum atomic E-state index is 11.5. The molecular formula is C10H19N2O. The lowest BCUT2D eigenvalue weighted by molar-refractivity contribution is -0.124. The van der Waals surface area contributed by atoms with E-state index in [4.69, 9.17) is 0 Å². The largest absolute Gasteiger partial charge is 0.350 e. The standard InChI is InChI=1S/C10H19N2O/c1-12(2)8-7-11-10(13)9-5-3-4-6-9/h7,9H,3-6,8H2,1-2H3,(H,11,13). The van der Waals surface area contributed by atoms with E-state index in [1.807, 2.05) is 25.5 Å². The van der Waals surface area contributed by atoms with Crippen molar-refractivity contribution in [2.75, 3.05) is 20.6 Å². The molecular weight excluding hydrogens is 164 g/mol. The number of nitrogens with one attached hydrogen (secondary N) is 1. The third kappa shape index (κ3) is 3.77. The normalized spacial score (nSPS) is 18.1. The lowest BCUT2D eigenvalue weighted by atomic mass is 10.1. The molecule has 0 spiro atoms. The van der Waals surface area contributed by atoms with Gasteiger partial charge in [0.1, 0.15) is 0 Å². The number of rotatable bonds is 4. The van der Waals surface area contributed by atoms with Gasteiger partial charge in [-0.25, -0.2) is 0 Å². The van der Waals surface area contributed by atoms with Crippen molar-refractivity contribution in [1.29, 1.82) is 0 Å². The van der Waals surface area contributed by atoms with Crippen molar-refractivity contribution in [3.05, 3.63) is 6.54 Å². The van der Waals surface area contributed by atoms with Crippen LogP contribution in [0.5, 0.6) is 0 Å². The predicted molar refractivity (Wildman–Crippen MR) is 53.0 cm³/mol. The van der Waals surface area contributed by atoms with Gasteiger partial charge in [-0.15, -0.1) is 0 Å². The average Bonchev–Trinajstić information content (AvgIpc) is 2.55. The molecule has 1 rings (SSSR count). The Morgan fingerprint density at radius 2 is 2.08 bits per heavy atom. The zero-order valence-corrected chi connectivity index (χ0v) is 8.55. The first-order valence-corrected chi connectivity index (χ1v) is 4.97. The minimum Gasteiger partial charge on any atom is -0.350 e. The third-order valence-electron chi connectivity index (χ3n) is 2.43. The summed E-state index contributed by atoms with van der Waals surface area (Å²) >= 11 is 0. The first kappa shape index (κ1) is 10.5. The molecule has 0 aromatic carbocycles. The van der Waals surface area contributed by atoms with Crippen molar-refractivity contribution >= 4 is 5.91 Å². The highest BCUT2D eigenvalue weighted by molar-refractivity contribution is 5.79. The Morgan fingerprint density at radius 1 is 1.46 bits per heavy atom. The summed E-state index contributed by atoms with van der Waals surface area (Å²) in [4.78, 5) is 13.5. The Hall–Kier alpha value is -0.570. The van der Waals surface area contributed by atoms with Crippen molar-refractivity contribution in [3.8, 4) is 0 Å². The maximum Gasteiger partial charge on any atom is 0.223 e. The summed E-state index contributed by atoms with van der Waals surface area (Å²) in [6, 6.07) is 0. The highest BCUT2D eigenvalue weighted by Gasteiger charge is 2.21. The molecule has 1 saturated carbocycles. The Labute approximate surface area is 80.5 Å². The molecule has 1 amide bonds. The summed E-state index contributed by atoms with van der Waals surface area (Å²) in [7, 11) is 3.97. The van der Waals surface area contributed by atoms with E-state index in [1.165, 1.54) is 12.8 Å². The lowest BCUT2D eigenvalue weighted by Crippen LogP contribution is -2.30. The molecule has 75 valence electrons. The fourth-order valence-corrected chi connectivity index (χ4v) is 1.63. The van der Waals surface area contributed by atoms with Crippen molar-refractivity contribution in [2.45, 2.75) is 25.7 Å². The van der Waals surface area contributed by atoms with Crippen LogP contribution in [0.15, 0.2) is 0 Å². The van der Waals surface area contributed by atoms with Crippen LogP contribution in [-0.2, 0) is 4.79 Å². The summed E-state index contributed by atoms with van der Waals surface area (Å²) in [5.74, 6) is 0.484. The number of carbonyl (C=O) groups is 1. The van der Waals surface area contributed by atoms with Crippen LogP contribution in [-0.4, -0.2) is 31.4 Å². The SMILES string of the molecule is CN(C)C[CH]NC(=O)C1CCCC1. The Morgan fingerprint density at radius 3 is 2.62 bits per heavy atom. The van der Waals surface area contributed by atoms with Gasteiger partial charge in [0.2, 0.25) is 5.91 Å². The molecule has 0 heterocycles. The maximum absolute atomic E-state index is 11.5. The van der Waals surface area contributed by atoms with E-state index in [1.54, 1.807) is 0 Å². The van der Waals surface area contributed by atoms with Crippen molar-refractivity contribution in [1.82, 2.24) is 10.2 Å². The second-order valence-electron chi connectivity index (χ2n) is 3.96. The Kier molecular flexibility index (Phi) is 4.22. The molecule has 0 aliphatic heterocycles. The van der Waals surface area contributed by atoms with Gasteiger partial charge < -0.3 is 10.2 Å². The number of amides is 1. The van der Waals surface area contributed by atoms with E-state index in [0.29, 0.717) is 0 Å². The first-order chi connectivity index (χ1) is 6.20. The molecule has 13 heavy (non-hydrogen) atoms. The molecule has 1 aliphatic rings. The molecule has 0 unspecified atom stereocenters. The highest BCUT2D eigenvalue weighted by Crippen LogP contribution is 2.24. The quantitative estimate of drug-likeness (QED) is 0.705. The molecule has 1 radical (unpaired) electrons. The van der Waals surface area contributed by atoms with Gasteiger partial charge in [-0.3, -0.25) is 4.79 Å². The Bertz CT molecular complexity index is 162. The van der Waals surface area contributed by atoms with Crippen molar-refractivity contribution in [2.24, 2.45) is 5.92 Å². The zero-order chi connectivity index (χ0) is 9.68. The van der Waals surface area contributed by atoms with Crippen LogP contribution in [0, 0.1) is 12.5 Å². The van der Waals surface area contributed by atoms with Gasteiger partial charge in [-0.2, -0.15) is 0 Å². The van der Waals surface area contributed by atoms with E-state index in [0.717, 1.165) is 19.4 Å². The van der Waals surface area contributed by atoms with E-state index >= 15 is 0 Å². The molecule has 0 bridgehead atoms. The number of likely N-dealkylation sites (N-methyl/N-ethyl adjacent to an activating group) is 1. The average molecular weight is 183 g/mol. The van der Waals surface area contributed by atoms with Crippen LogP contribution in [0.2, 0.25) is 0 Å². The lowest BCUT2D eigenvalue weighted by Gasteiger charge is -2.12. The highest BCUT2D eigenvalue weighted by atomic mass is 16.1. The van der Waals surface area contributed by atoms with Gasteiger partial charge >= 0.3 is 0 Å². The molecule has 1 aliphatic carbocycles. The van der Waals surface area contributed by atoms with E-state index in [2.05, 4.69) is 5.32 Å². The molecule has 3 nitrogen and oxygen atoms in total. The molecule has 1 fully saturated rings. The smallest absolute Gasteiger partial charge is 0.223 e. The molecule has 0 aromatic heterocycles. The molecule has 3 heteroatoms. The molecule has 0 saturated heterocycles. The summed E-state index contributed by atoms with van der Waals surface area (Å²) in [6.45, 7) is 2.64. The van der Waals surface area contributed by atoms with Crippen LogP contribution in [0.1, 0.15) is 25.7 Å². The fraction of sp³-hybridized carbons (Fsp3) is 0.800. The fourth-order valence-electron chi connectivity index (χ4n) is 1.63. The topological polar surface area (TPSA) is 32.3 Å². The van der Waals surface area contributed by atoms with Crippen LogP contribution in [0.25, 0.3) is 0 Å². The van der Waals surface area contributed by atoms with Gasteiger partial charge in [-0.05, 0) is 26.9 Å². The second kappa shape index (κ2) is 5.22. The summed E-state index contributed by atoms with van der Waals surface area (Å²) in [5.41, 5.74) is 0. The number of nitrogens with zero attached hydrogens (tertiary/aromatic N) is 1. The minimum atomic E-state index is 0.208. The van der Waals surface area contributed by atoms with Gasteiger partial charge in [0.15, 0.2) is 0 Å². The van der Waals surface area contributed by atoms with Crippen molar-refractivity contribution < 1.29 is 4.79 Å². The van der Waals surface area contributed by atoms with Gasteiger partial charge in [0, 0.05) is 12.5 Å². The van der Waals surface area contributed by atoms with E-state index in [9.17, 15) is 4.79 Å². The monoisotopic (exact) mass is 183 g/mol. The van der Waals surface area contributed by atoms with Gasteiger partial charge in [-0.1, -0.05) is 12.8 Å².